The van der Waals surface area contributed by atoms with Gasteiger partial charge >= 0.3 is 0 Å². The van der Waals surface area contributed by atoms with E-state index in [0.717, 1.165) is 0 Å². The lowest BCUT2D eigenvalue weighted by Crippen LogP contribution is -2.03. The van der Waals surface area contributed by atoms with Gasteiger partial charge < -0.3 is 5.11 Å². The fourth-order valence-corrected chi connectivity index (χ4v) is 1.39. The molecular formula is C12H10FNO. The zero-order chi connectivity index (χ0) is 10.7. The number of aliphatic hydroxyl groups excluding tert-OH is 1. The van der Waals surface area contributed by atoms with Gasteiger partial charge in [-0.05, 0) is 18.2 Å². The number of halogens is 1. The van der Waals surface area contributed by atoms with Crippen LogP contribution in [0.3, 0.4) is 0 Å². The molecular weight excluding hydrogens is 193 g/mol. The summed E-state index contributed by atoms with van der Waals surface area (Å²) in [5.41, 5.74) is 0.693. The molecule has 0 fully saturated rings. The Morgan fingerprint density at radius 3 is 2.47 bits per heavy atom. The molecule has 0 bridgehead atoms. The predicted octanol–water partition coefficient (Wildman–Crippen LogP) is 2.30. The highest BCUT2D eigenvalue weighted by Gasteiger charge is 2.14. The number of aliphatic hydroxyl groups is 1. The average molecular weight is 203 g/mol. The van der Waals surface area contributed by atoms with Gasteiger partial charge in [-0.1, -0.05) is 24.3 Å². The summed E-state index contributed by atoms with van der Waals surface area (Å²) in [6.07, 6.45) is 0.562. The summed E-state index contributed by atoms with van der Waals surface area (Å²) in [5, 5.41) is 9.87. The molecule has 2 aromatic rings. The number of hydrogen-bond acceptors (Lipinski definition) is 2. The number of pyridine rings is 1. The molecule has 0 aliphatic rings. The van der Waals surface area contributed by atoms with Gasteiger partial charge in [0.15, 0.2) is 0 Å². The molecule has 0 aliphatic carbocycles. The normalized spacial score (nSPS) is 12.4. The van der Waals surface area contributed by atoms with Crippen molar-refractivity contribution in [2.75, 3.05) is 0 Å². The smallest absolute Gasteiger partial charge is 0.129 e. The van der Waals surface area contributed by atoms with Crippen LogP contribution in [-0.4, -0.2) is 10.1 Å². The number of nitrogens with zero attached hydrogens (tertiary/aromatic N) is 1. The van der Waals surface area contributed by atoms with Crippen LogP contribution in [-0.2, 0) is 0 Å². The molecule has 3 heteroatoms. The minimum atomic E-state index is -1.01. The maximum absolute atomic E-state index is 13.3. The van der Waals surface area contributed by atoms with Gasteiger partial charge in [0.05, 0.1) is 5.69 Å². The Kier molecular flexibility index (Phi) is 2.74. The molecule has 76 valence electrons. The van der Waals surface area contributed by atoms with E-state index in [1.165, 1.54) is 6.07 Å². The third kappa shape index (κ3) is 2.02. The number of rotatable bonds is 2. The fourth-order valence-electron chi connectivity index (χ4n) is 1.39. The average Bonchev–Trinajstić information content (AvgIpc) is 2.30. The predicted molar refractivity (Wildman–Crippen MR) is 54.7 cm³/mol. The Morgan fingerprint density at radius 2 is 1.80 bits per heavy atom. The molecule has 1 heterocycles. The summed E-state index contributed by atoms with van der Waals surface area (Å²) in [5.74, 6) is -0.421. The van der Waals surface area contributed by atoms with E-state index in [0.29, 0.717) is 5.69 Å². The van der Waals surface area contributed by atoms with Crippen molar-refractivity contribution in [2.24, 2.45) is 0 Å². The molecule has 15 heavy (non-hydrogen) atoms. The molecule has 0 unspecified atom stereocenters. The summed E-state index contributed by atoms with van der Waals surface area (Å²) >= 11 is 0. The van der Waals surface area contributed by atoms with Gasteiger partial charge in [-0.25, -0.2) is 4.39 Å². The molecule has 1 atom stereocenters. The van der Waals surface area contributed by atoms with Crippen molar-refractivity contribution >= 4 is 0 Å². The lowest BCUT2D eigenvalue weighted by atomic mass is 10.1. The highest BCUT2D eigenvalue weighted by molar-refractivity contribution is 5.26. The van der Waals surface area contributed by atoms with E-state index in [1.807, 2.05) is 0 Å². The first-order chi connectivity index (χ1) is 7.29. The van der Waals surface area contributed by atoms with Crippen LogP contribution in [0.1, 0.15) is 17.4 Å². The van der Waals surface area contributed by atoms with Crippen LogP contribution in [0.2, 0.25) is 0 Å². The summed E-state index contributed by atoms with van der Waals surface area (Å²) < 4.78 is 13.3. The van der Waals surface area contributed by atoms with Crippen molar-refractivity contribution in [1.29, 1.82) is 0 Å². The monoisotopic (exact) mass is 203 g/mol. The Labute approximate surface area is 87.0 Å². The molecule has 2 nitrogen and oxygen atoms in total. The van der Waals surface area contributed by atoms with Crippen molar-refractivity contribution in [3.63, 3.8) is 0 Å². The molecule has 1 aromatic carbocycles. The highest BCUT2D eigenvalue weighted by atomic mass is 19.1. The summed E-state index contributed by atoms with van der Waals surface area (Å²) in [4.78, 5) is 3.98. The van der Waals surface area contributed by atoms with E-state index < -0.39 is 11.9 Å². The summed E-state index contributed by atoms with van der Waals surface area (Å²) in [6, 6.07) is 11.3. The van der Waals surface area contributed by atoms with Crippen LogP contribution in [0, 0.1) is 5.82 Å². The van der Waals surface area contributed by atoms with Gasteiger partial charge in [-0.2, -0.15) is 0 Å². The van der Waals surface area contributed by atoms with Crippen molar-refractivity contribution in [3.05, 3.63) is 65.7 Å². The molecule has 0 radical (unpaired) electrons. The topological polar surface area (TPSA) is 33.1 Å². The molecule has 1 N–H and O–H groups in total. The molecule has 0 aliphatic heterocycles. The minimum Gasteiger partial charge on any atom is -0.382 e. The van der Waals surface area contributed by atoms with Crippen molar-refractivity contribution in [3.8, 4) is 0 Å². The maximum atomic E-state index is 13.3. The van der Waals surface area contributed by atoms with E-state index in [4.69, 9.17) is 0 Å². The second-order valence-electron chi connectivity index (χ2n) is 3.18. The first-order valence-electron chi connectivity index (χ1n) is 4.62. The van der Waals surface area contributed by atoms with Gasteiger partial charge in [0.25, 0.3) is 0 Å². The highest BCUT2D eigenvalue weighted by Crippen LogP contribution is 2.21. The van der Waals surface area contributed by atoms with Gasteiger partial charge in [0.1, 0.15) is 11.9 Å². The quantitative estimate of drug-likeness (QED) is 0.812. The van der Waals surface area contributed by atoms with Crippen LogP contribution in [0.5, 0.6) is 0 Å². The van der Waals surface area contributed by atoms with Gasteiger partial charge in [-0.15, -0.1) is 0 Å². The van der Waals surface area contributed by atoms with Gasteiger partial charge in [-0.3, -0.25) is 4.98 Å². The van der Waals surface area contributed by atoms with E-state index in [-0.39, 0.29) is 5.56 Å². The lowest BCUT2D eigenvalue weighted by molar-refractivity contribution is 0.210. The van der Waals surface area contributed by atoms with Crippen LogP contribution >= 0.6 is 0 Å². The van der Waals surface area contributed by atoms with Crippen LogP contribution in [0.15, 0.2) is 48.7 Å². The fraction of sp³-hybridized carbons (Fsp3) is 0.0833. The Balaban J connectivity index is 2.37. The summed E-state index contributed by atoms with van der Waals surface area (Å²) in [7, 11) is 0. The van der Waals surface area contributed by atoms with E-state index >= 15 is 0 Å². The molecule has 0 saturated heterocycles. The zero-order valence-corrected chi connectivity index (χ0v) is 7.97. The van der Waals surface area contributed by atoms with E-state index in [1.54, 1.807) is 42.6 Å². The Bertz CT molecular complexity index is 444. The van der Waals surface area contributed by atoms with Gasteiger partial charge in [0, 0.05) is 11.8 Å². The zero-order valence-electron chi connectivity index (χ0n) is 7.97. The largest absolute Gasteiger partial charge is 0.382 e. The minimum absolute atomic E-state index is 0.246. The van der Waals surface area contributed by atoms with E-state index in [2.05, 4.69) is 4.98 Å². The van der Waals surface area contributed by atoms with Crippen molar-refractivity contribution in [1.82, 2.24) is 4.98 Å². The maximum Gasteiger partial charge on any atom is 0.129 e. The summed E-state index contributed by atoms with van der Waals surface area (Å²) in [6.45, 7) is 0. The third-order valence-electron chi connectivity index (χ3n) is 2.17. The van der Waals surface area contributed by atoms with Crippen LogP contribution < -0.4 is 0 Å². The number of benzene rings is 1. The molecule has 0 saturated carbocycles. The first kappa shape index (κ1) is 9.80. The van der Waals surface area contributed by atoms with E-state index in [9.17, 15) is 9.50 Å². The Hall–Kier alpha value is -1.74. The second kappa shape index (κ2) is 4.19. The first-order valence-corrected chi connectivity index (χ1v) is 4.62. The van der Waals surface area contributed by atoms with Crippen LogP contribution in [0.25, 0.3) is 0 Å². The number of hydrogen-bond donors (Lipinski definition) is 1. The van der Waals surface area contributed by atoms with Gasteiger partial charge in [0.2, 0.25) is 0 Å². The molecule has 0 spiro atoms. The SMILES string of the molecule is O[C@@H](c1ccccn1)c1ccccc1F. The number of aromatic nitrogens is 1. The molecule has 1 aromatic heterocycles. The molecule has 0 amide bonds. The van der Waals surface area contributed by atoms with Crippen molar-refractivity contribution in [2.45, 2.75) is 6.10 Å². The van der Waals surface area contributed by atoms with Crippen molar-refractivity contribution < 1.29 is 9.50 Å². The Morgan fingerprint density at radius 1 is 1.07 bits per heavy atom. The molecule has 2 rings (SSSR count). The second-order valence-corrected chi connectivity index (χ2v) is 3.18. The lowest BCUT2D eigenvalue weighted by Gasteiger charge is -2.10. The van der Waals surface area contributed by atoms with Crippen LogP contribution in [0.4, 0.5) is 4.39 Å². The standard InChI is InChI=1S/C12H10FNO/c13-10-6-2-1-5-9(10)12(15)11-7-3-4-8-14-11/h1-8,12,15H/t12-/m1/s1. The third-order valence-corrected chi connectivity index (χ3v) is 2.17.